The van der Waals surface area contributed by atoms with Gasteiger partial charge in [-0.25, -0.2) is 0 Å². The third-order valence-corrected chi connectivity index (χ3v) is 7.19. The van der Waals surface area contributed by atoms with E-state index in [0.29, 0.717) is 19.3 Å². The molecule has 4 fully saturated rings. The lowest BCUT2D eigenvalue weighted by atomic mass is 9.44. The van der Waals surface area contributed by atoms with E-state index in [0.717, 1.165) is 25.9 Å². The lowest BCUT2D eigenvalue weighted by molar-refractivity contribution is -0.302. The number of esters is 1. The monoisotopic (exact) mass is 337 g/mol. The number of hydrogen-bond acceptors (Lipinski definition) is 6. The number of ether oxygens (including phenoxy) is 1. The van der Waals surface area contributed by atoms with E-state index < -0.39 is 35.2 Å². The van der Waals surface area contributed by atoms with E-state index in [1.807, 2.05) is 6.92 Å². The molecule has 2 saturated carbocycles. The number of piperidine rings is 2. The van der Waals surface area contributed by atoms with E-state index in [4.69, 9.17) is 4.74 Å². The smallest absolute Gasteiger partial charge is 0.302 e. The topological polar surface area (TPSA) is 87.1 Å². The normalized spacial score (nSPS) is 51.0. The Bertz CT molecular complexity index is 580. The van der Waals surface area contributed by atoms with Gasteiger partial charge in [-0.3, -0.25) is 14.5 Å². The molecule has 134 valence electrons. The van der Waals surface area contributed by atoms with Gasteiger partial charge in [0.1, 0.15) is 17.5 Å². The minimum Gasteiger partial charge on any atom is -0.461 e. The fourth-order valence-corrected chi connectivity index (χ4v) is 6.47. The Morgan fingerprint density at radius 3 is 2.79 bits per heavy atom. The van der Waals surface area contributed by atoms with Crippen LogP contribution in [-0.4, -0.2) is 63.3 Å². The Kier molecular flexibility index (Phi) is 3.61. The number of carbonyl (C=O) groups excluding carboxylic acids is 2. The molecule has 4 rings (SSSR count). The van der Waals surface area contributed by atoms with Crippen LogP contribution in [0.1, 0.15) is 46.0 Å². The zero-order valence-electron chi connectivity index (χ0n) is 14.4. The van der Waals surface area contributed by atoms with Crippen LogP contribution in [0.5, 0.6) is 0 Å². The van der Waals surface area contributed by atoms with Crippen molar-refractivity contribution in [3.8, 4) is 0 Å². The molecule has 0 unspecified atom stereocenters. The van der Waals surface area contributed by atoms with Gasteiger partial charge in [0, 0.05) is 19.9 Å². The maximum atomic E-state index is 13.0. The van der Waals surface area contributed by atoms with Crippen LogP contribution in [-0.2, 0) is 14.3 Å². The highest BCUT2D eigenvalue weighted by atomic mass is 16.5. The number of hydrogen-bond donors (Lipinski definition) is 2. The van der Waals surface area contributed by atoms with Gasteiger partial charge in [0.2, 0.25) is 0 Å². The van der Waals surface area contributed by atoms with E-state index in [-0.39, 0.29) is 17.6 Å². The zero-order chi connectivity index (χ0) is 17.3. The van der Waals surface area contributed by atoms with Crippen LogP contribution in [0.15, 0.2) is 0 Å². The number of rotatable bonds is 1. The van der Waals surface area contributed by atoms with Crippen LogP contribution in [0, 0.1) is 17.8 Å². The molecule has 2 N–H and O–H groups in total. The Morgan fingerprint density at radius 1 is 1.33 bits per heavy atom. The summed E-state index contributed by atoms with van der Waals surface area (Å²) in [5, 5.41) is 22.6. The van der Waals surface area contributed by atoms with Gasteiger partial charge in [-0.15, -0.1) is 0 Å². The second kappa shape index (κ2) is 5.26. The first-order valence-electron chi connectivity index (χ1n) is 9.17. The van der Waals surface area contributed by atoms with Gasteiger partial charge in [-0.1, -0.05) is 6.92 Å². The van der Waals surface area contributed by atoms with Gasteiger partial charge in [-0.05, 0) is 44.1 Å². The molecule has 6 nitrogen and oxygen atoms in total. The zero-order valence-corrected chi connectivity index (χ0v) is 14.4. The molecule has 0 aromatic rings. The highest BCUT2D eigenvalue weighted by Gasteiger charge is 2.75. The fourth-order valence-electron chi connectivity index (χ4n) is 6.47. The first kappa shape index (κ1) is 16.5. The summed E-state index contributed by atoms with van der Waals surface area (Å²) in [6.07, 6.45) is 1.87. The maximum Gasteiger partial charge on any atom is 0.302 e. The van der Waals surface area contributed by atoms with Crippen LogP contribution in [0.4, 0.5) is 0 Å². The van der Waals surface area contributed by atoms with Crippen molar-refractivity contribution in [2.45, 2.75) is 69.3 Å². The molecule has 7 atom stereocenters. The van der Waals surface area contributed by atoms with Crippen molar-refractivity contribution in [2.75, 3.05) is 13.1 Å². The second-order valence-electron chi connectivity index (χ2n) is 8.28. The number of carbonyl (C=O) groups is 2. The number of aliphatic hydroxyl groups is 2. The summed E-state index contributed by atoms with van der Waals surface area (Å²) in [5.41, 5.74) is -2.07. The maximum absolute atomic E-state index is 13.0. The Hall–Kier alpha value is -0.980. The molecule has 0 radical (unpaired) electrons. The summed E-state index contributed by atoms with van der Waals surface area (Å²) in [7, 11) is 0. The quantitative estimate of drug-likeness (QED) is 0.678. The van der Waals surface area contributed by atoms with Crippen LogP contribution in [0.2, 0.25) is 0 Å². The first-order chi connectivity index (χ1) is 11.3. The Labute approximate surface area is 142 Å². The summed E-state index contributed by atoms with van der Waals surface area (Å²) in [4.78, 5) is 26.9. The Morgan fingerprint density at radius 2 is 2.08 bits per heavy atom. The van der Waals surface area contributed by atoms with E-state index >= 15 is 0 Å². The summed E-state index contributed by atoms with van der Waals surface area (Å²) < 4.78 is 5.49. The van der Waals surface area contributed by atoms with Crippen molar-refractivity contribution in [1.82, 2.24) is 4.90 Å². The standard InChI is InChI=1S/C18H27NO5/c1-10-9-17-12-4-3-6-19(17)7-5-14(22)18(17,23)15(13(21)8-12)16(10)24-11(2)20/h10,12,14-16,22-23H,3-9H2,1-2H3/t10-,12-,14+,15-,16-,17+,18+/m1/s1. The van der Waals surface area contributed by atoms with Gasteiger partial charge in [0.15, 0.2) is 0 Å². The van der Waals surface area contributed by atoms with Gasteiger partial charge >= 0.3 is 5.97 Å². The van der Waals surface area contributed by atoms with Crippen LogP contribution < -0.4 is 0 Å². The van der Waals surface area contributed by atoms with Crippen molar-refractivity contribution in [3.05, 3.63) is 0 Å². The molecule has 0 aromatic carbocycles. The molecule has 1 spiro atoms. The van der Waals surface area contributed by atoms with Crippen molar-refractivity contribution in [1.29, 1.82) is 0 Å². The summed E-state index contributed by atoms with van der Waals surface area (Å²) in [5.74, 6) is -1.25. The van der Waals surface area contributed by atoms with Crippen molar-refractivity contribution < 1.29 is 24.5 Å². The molecule has 4 aliphatic rings. The summed E-state index contributed by atoms with van der Waals surface area (Å²) in [6.45, 7) is 4.99. The Balaban J connectivity index is 1.87. The molecule has 2 saturated heterocycles. The van der Waals surface area contributed by atoms with Gasteiger partial charge in [0.05, 0.1) is 17.6 Å². The number of Topliss-reactive ketones (excluding diaryl/α,β-unsaturated/α-hetero) is 1. The molecule has 0 amide bonds. The van der Waals surface area contributed by atoms with Crippen molar-refractivity contribution in [3.63, 3.8) is 0 Å². The minimum absolute atomic E-state index is 0.0168. The number of ketones is 1. The minimum atomic E-state index is -1.52. The lowest BCUT2D eigenvalue weighted by Crippen LogP contribution is -2.85. The molecular weight excluding hydrogens is 310 g/mol. The predicted molar refractivity (Wildman–Crippen MR) is 85.1 cm³/mol. The van der Waals surface area contributed by atoms with E-state index in [9.17, 15) is 19.8 Å². The van der Waals surface area contributed by atoms with E-state index in [1.165, 1.54) is 6.92 Å². The summed E-state index contributed by atoms with van der Waals surface area (Å²) >= 11 is 0. The molecule has 0 aromatic heterocycles. The van der Waals surface area contributed by atoms with Crippen LogP contribution >= 0.6 is 0 Å². The molecule has 2 aliphatic carbocycles. The van der Waals surface area contributed by atoms with E-state index in [2.05, 4.69) is 4.90 Å². The van der Waals surface area contributed by atoms with Crippen molar-refractivity contribution in [2.24, 2.45) is 17.8 Å². The predicted octanol–water partition coefficient (Wildman–Crippen LogP) is 0.493. The molecule has 6 heteroatoms. The average molecular weight is 337 g/mol. The van der Waals surface area contributed by atoms with E-state index in [1.54, 1.807) is 0 Å². The van der Waals surface area contributed by atoms with Crippen molar-refractivity contribution >= 4 is 11.8 Å². The molecule has 2 bridgehead atoms. The molecule has 2 heterocycles. The van der Waals surface area contributed by atoms with Gasteiger partial charge in [0.25, 0.3) is 0 Å². The number of aliphatic hydroxyl groups excluding tert-OH is 1. The lowest BCUT2D eigenvalue weighted by Gasteiger charge is -2.71. The first-order valence-corrected chi connectivity index (χ1v) is 9.17. The summed E-state index contributed by atoms with van der Waals surface area (Å²) in [6, 6.07) is 0. The number of nitrogens with zero attached hydrogens (tertiary/aromatic N) is 1. The third kappa shape index (κ3) is 1.82. The van der Waals surface area contributed by atoms with Crippen LogP contribution in [0.3, 0.4) is 0 Å². The highest BCUT2D eigenvalue weighted by molar-refractivity contribution is 5.86. The van der Waals surface area contributed by atoms with Gasteiger partial charge < -0.3 is 14.9 Å². The third-order valence-electron chi connectivity index (χ3n) is 7.19. The van der Waals surface area contributed by atoms with Gasteiger partial charge in [-0.2, -0.15) is 0 Å². The molecule has 24 heavy (non-hydrogen) atoms. The average Bonchev–Trinajstić information content (AvgIpc) is 2.50. The van der Waals surface area contributed by atoms with Crippen LogP contribution in [0.25, 0.3) is 0 Å². The SMILES string of the molecule is CC(=O)O[C@@H]1[C@H](C)C[C@@]23[C@@H]4CCCN2CC[C@H](O)[C@]3(O)[C@@H]1C(=O)C4. The largest absolute Gasteiger partial charge is 0.461 e. The second-order valence-corrected chi connectivity index (χ2v) is 8.28. The molecule has 2 aliphatic heterocycles. The molecular formula is C18H27NO5. The fraction of sp³-hybridized carbons (Fsp3) is 0.889. The highest BCUT2D eigenvalue weighted by Crippen LogP contribution is 2.61.